The summed E-state index contributed by atoms with van der Waals surface area (Å²) >= 11 is 0. The van der Waals surface area contributed by atoms with E-state index in [0.29, 0.717) is 5.41 Å². The molecule has 2 heteroatoms. The Hall–Kier alpha value is -0.0800. The van der Waals surface area contributed by atoms with Crippen molar-refractivity contribution in [3.8, 4) is 0 Å². The van der Waals surface area contributed by atoms with Gasteiger partial charge in [0.2, 0.25) is 0 Å². The monoisotopic (exact) mass is 238 g/mol. The summed E-state index contributed by atoms with van der Waals surface area (Å²) in [7, 11) is 0. The standard InChI is InChI=1S/C15H30N2/c1-4-15(5-2)7-9-17(12-15)11-14-10-13(3)6-8-16-14/h13-14,16H,4-12H2,1-3H3. The van der Waals surface area contributed by atoms with Crippen molar-refractivity contribution in [1.82, 2.24) is 10.2 Å². The maximum absolute atomic E-state index is 3.70. The molecule has 2 fully saturated rings. The van der Waals surface area contributed by atoms with Gasteiger partial charge < -0.3 is 10.2 Å². The van der Waals surface area contributed by atoms with E-state index in [4.69, 9.17) is 0 Å². The van der Waals surface area contributed by atoms with Crippen LogP contribution >= 0.6 is 0 Å². The van der Waals surface area contributed by atoms with Gasteiger partial charge in [-0.3, -0.25) is 0 Å². The Kier molecular flexibility index (Phi) is 4.48. The van der Waals surface area contributed by atoms with Crippen molar-refractivity contribution in [3.05, 3.63) is 0 Å². The van der Waals surface area contributed by atoms with Crippen LogP contribution in [0.25, 0.3) is 0 Å². The third kappa shape index (κ3) is 3.23. The van der Waals surface area contributed by atoms with E-state index in [1.807, 2.05) is 0 Å². The van der Waals surface area contributed by atoms with Crippen LogP contribution in [0.3, 0.4) is 0 Å². The van der Waals surface area contributed by atoms with Gasteiger partial charge in [-0.25, -0.2) is 0 Å². The first-order chi connectivity index (χ1) is 8.17. The van der Waals surface area contributed by atoms with E-state index in [1.54, 1.807) is 0 Å². The minimum Gasteiger partial charge on any atom is -0.313 e. The Bertz CT molecular complexity index is 235. The minimum atomic E-state index is 0.639. The van der Waals surface area contributed by atoms with Crippen molar-refractivity contribution in [2.24, 2.45) is 11.3 Å². The molecule has 2 atom stereocenters. The maximum Gasteiger partial charge on any atom is 0.0197 e. The Balaban J connectivity index is 1.81. The molecule has 2 rings (SSSR count). The fraction of sp³-hybridized carbons (Fsp3) is 1.00. The first-order valence-electron chi connectivity index (χ1n) is 7.63. The minimum absolute atomic E-state index is 0.639. The lowest BCUT2D eigenvalue weighted by Gasteiger charge is -2.32. The molecule has 2 nitrogen and oxygen atoms in total. The van der Waals surface area contributed by atoms with E-state index in [0.717, 1.165) is 12.0 Å². The highest BCUT2D eigenvalue weighted by Gasteiger charge is 2.35. The molecule has 17 heavy (non-hydrogen) atoms. The summed E-state index contributed by atoms with van der Waals surface area (Å²) in [6.07, 6.45) is 6.87. The molecule has 2 heterocycles. The lowest BCUT2D eigenvalue weighted by atomic mass is 9.82. The van der Waals surface area contributed by atoms with Crippen LogP contribution in [0.15, 0.2) is 0 Å². The summed E-state index contributed by atoms with van der Waals surface area (Å²) in [5.41, 5.74) is 0.639. The van der Waals surface area contributed by atoms with Gasteiger partial charge in [0.25, 0.3) is 0 Å². The van der Waals surface area contributed by atoms with E-state index in [-0.39, 0.29) is 0 Å². The van der Waals surface area contributed by atoms with Gasteiger partial charge in [-0.2, -0.15) is 0 Å². The van der Waals surface area contributed by atoms with Crippen LogP contribution in [0.1, 0.15) is 52.9 Å². The quantitative estimate of drug-likeness (QED) is 0.810. The Morgan fingerprint density at radius 3 is 2.65 bits per heavy atom. The first kappa shape index (κ1) is 13.4. The van der Waals surface area contributed by atoms with Crippen LogP contribution in [-0.2, 0) is 0 Å². The predicted octanol–water partition coefficient (Wildman–Crippen LogP) is 2.89. The van der Waals surface area contributed by atoms with Gasteiger partial charge in [-0.05, 0) is 56.5 Å². The van der Waals surface area contributed by atoms with Crippen LogP contribution in [0.4, 0.5) is 0 Å². The van der Waals surface area contributed by atoms with Crippen LogP contribution in [0.2, 0.25) is 0 Å². The lowest BCUT2D eigenvalue weighted by molar-refractivity contribution is 0.202. The third-order valence-electron chi connectivity index (χ3n) is 5.25. The largest absolute Gasteiger partial charge is 0.313 e. The number of rotatable bonds is 4. The zero-order chi connectivity index (χ0) is 12.3. The number of hydrogen-bond donors (Lipinski definition) is 1. The van der Waals surface area contributed by atoms with Crippen LogP contribution in [0, 0.1) is 11.3 Å². The fourth-order valence-electron chi connectivity index (χ4n) is 3.68. The first-order valence-corrected chi connectivity index (χ1v) is 7.63. The fourth-order valence-corrected chi connectivity index (χ4v) is 3.68. The predicted molar refractivity (Wildman–Crippen MR) is 74.3 cm³/mol. The molecule has 2 aliphatic rings. The summed E-state index contributed by atoms with van der Waals surface area (Å²) in [6, 6.07) is 0.753. The van der Waals surface area contributed by atoms with Crippen molar-refractivity contribution in [2.45, 2.75) is 58.9 Å². The second-order valence-corrected chi connectivity index (χ2v) is 6.47. The second kappa shape index (κ2) is 5.71. The third-order valence-corrected chi connectivity index (χ3v) is 5.25. The average Bonchev–Trinajstić information content (AvgIpc) is 2.73. The summed E-state index contributed by atoms with van der Waals surface area (Å²) in [6.45, 7) is 12.3. The van der Waals surface area contributed by atoms with Gasteiger partial charge in [0.05, 0.1) is 0 Å². The van der Waals surface area contributed by atoms with E-state index < -0.39 is 0 Å². The van der Waals surface area contributed by atoms with Gasteiger partial charge in [0.15, 0.2) is 0 Å². The van der Waals surface area contributed by atoms with Crippen LogP contribution < -0.4 is 5.32 Å². The summed E-state index contributed by atoms with van der Waals surface area (Å²) in [5, 5.41) is 3.70. The number of piperidine rings is 1. The molecule has 2 saturated heterocycles. The molecule has 0 amide bonds. The maximum atomic E-state index is 3.70. The topological polar surface area (TPSA) is 15.3 Å². The summed E-state index contributed by atoms with van der Waals surface area (Å²) in [5.74, 6) is 0.922. The van der Waals surface area contributed by atoms with Gasteiger partial charge >= 0.3 is 0 Å². The van der Waals surface area contributed by atoms with Crippen molar-refractivity contribution in [3.63, 3.8) is 0 Å². The van der Waals surface area contributed by atoms with Gasteiger partial charge in [-0.1, -0.05) is 20.8 Å². The smallest absolute Gasteiger partial charge is 0.0197 e. The number of hydrogen-bond acceptors (Lipinski definition) is 2. The van der Waals surface area contributed by atoms with Crippen LogP contribution in [-0.4, -0.2) is 37.1 Å². The molecule has 1 N–H and O–H groups in total. The Morgan fingerprint density at radius 1 is 1.29 bits per heavy atom. The van der Waals surface area contributed by atoms with Crippen molar-refractivity contribution < 1.29 is 0 Å². The van der Waals surface area contributed by atoms with E-state index in [9.17, 15) is 0 Å². The van der Waals surface area contributed by atoms with E-state index in [1.165, 1.54) is 58.3 Å². The van der Waals surface area contributed by atoms with Gasteiger partial charge in [-0.15, -0.1) is 0 Å². The Morgan fingerprint density at radius 2 is 2.06 bits per heavy atom. The molecule has 0 radical (unpaired) electrons. The number of nitrogens with zero attached hydrogens (tertiary/aromatic N) is 1. The molecule has 100 valence electrons. The van der Waals surface area contributed by atoms with Crippen molar-refractivity contribution >= 4 is 0 Å². The molecular formula is C15H30N2. The summed E-state index contributed by atoms with van der Waals surface area (Å²) < 4.78 is 0. The highest BCUT2D eigenvalue weighted by molar-refractivity contribution is 4.90. The lowest BCUT2D eigenvalue weighted by Crippen LogP contribution is -2.45. The Labute approximate surface area is 107 Å². The number of nitrogens with one attached hydrogen (secondary N) is 1. The molecule has 0 spiro atoms. The second-order valence-electron chi connectivity index (χ2n) is 6.47. The molecule has 0 aromatic rings. The molecule has 0 saturated carbocycles. The van der Waals surface area contributed by atoms with Gasteiger partial charge in [0, 0.05) is 19.1 Å². The molecular weight excluding hydrogens is 208 g/mol. The molecule has 2 aliphatic heterocycles. The van der Waals surface area contributed by atoms with Crippen molar-refractivity contribution in [2.75, 3.05) is 26.2 Å². The normalized spacial score (nSPS) is 34.1. The molecule has 0 aliphatic carbocycles. The molecule has 2 unspecified atom stereocenters. The molecule has 0 bridgehead atoms. The van der Waals surface area contributed by atoms with Gasteiger partial charge in [0.1, 0.15) is 0 Å². The van der Waals surface area contributed by atoms with Crippen molar-refractivity contribution in [1.29, 1.82) is 0 Å². The highest BCUT2D eigenvalue weighted by Crippen LogP contribution is 2.37. The van der Waals surface area contributed by atoms with E-state index >= 15 is 0 Å². The molecule has 0 aromatic heterocycles. The average molecular weight is 238 g/mol. The highest BCUT2D eigenvalue weighted by atomic mass is 15.2. The summed E-state index contributed by atoms with van der Waals surface area (Å²) in [4.78, 5) is 2.71. The molecule has 0 aromatic carbocycles. The number of likely N-dealkylation sites (tertiary alicyclic amines) is 1. The zero-order valence-corrected chi connectivity index (χ0v) is 12.0. The SMILES string of the molecule is CCC1(CC)CCN(CC2CC(C)CCN2)C1. The zero-order valence-electron chi connectivity index (χ0n) is 12.0. The van der Waals surface area contributed by atoms with E-state index in [2.05, 4.69) is 31.0 Å². The van der Waals surface area contributed by atoms with Crippen LogP contribution in [0.5, 0.6) is 0 Å².